The summed E-state index contributed by atoms with van der Waals surface area (Å²) in [5.41, 5.74) is 6.19. The van der Waals surface area contributed by atoms with Gasteiger partial charge in [0.15, 0.2) is 0 Å². The molecule has 79 heavy (non-hydrogen) atoms. The normalized spacial score (nSPS) is 12.7. The first-order chi connectivity index (χ1) is 38.1. The predicted octanol–water partition coefficient (Wildman–Crippen LogP) is 0.639. The third-order valence-electron chi connectivity index (χ3n) is 12.8. The first-order valence-electron chi connectivity index (χ1n) is 27.7. The minimum atomic E-state index is -1.42. The van der Waals surface area contributed by atoms with E-state index in [1.165, 1.54) is 76.1 Å². The van der Waals surface area contributed by atoms with Gasteiger partial charge in [0.1, 0.15) is 30.6 Å². The van der Waals surface area contributed by atoms with Gasteiger partial charge in [0.25, 0.3) is 0 Å². The van der Waals surface area contributed by atoms with Crippen molar-refractivity contribution >= 4 is 53.4 Å². The second-order valence-corrected chi connectivity index (χ2v) is 19.4. The van der Waals surface area contributed by atoms with Crippen LogP contribution in [0.2, 0.25) is 0 Å². The first kappa shape index (κ1) is 68.5. The van der Waals surface area contributed by atoms with Crippen LogP contribution >= 0.6 is 0 Å². The second-order valence-electron chi connectivity index (χ2n) is 19.4. The summed E-state index contributed by atoms with van der Waals surface area (Å²) in [5, 5.41) is 57.8. The van der Waals surface area contributed by atoms with Gasteiger partial charge in [-0.05, 0) is 81.8 Å². The van der Waals surface area contributed by atoms with Gasteiger partial charge in [-0.3, -0.25) is 48.1 Å². The number of amides is 6. The van der Waals surface area contributed by atoms with E-state index >= 15 is 0 Å². The van der Waals surface area contributed by atoms with Crippen LogP contribution in [0.3, 0.4) is 0 Å². The minimum absolute atomic E-state index is 0.00672. The SMILES string of the molecule is CN[C@@H](Cc1c[nH]cn1)C(=O)N[C@@H](CCC(=O)O)C(=O)N[C@@H](CCCCN(CC(=O)O)CC(=O)O)C(=O)N[C@@H](CCCCNC(=O)COCCOCCNC(=O)CCCCCCCCCCCCCCCc1nnn[nH]1)C(N)=O. The zero-order valence-corrected chi connectivity index (χ0v) is 45.9. The number of aliphatic carboxylic acids is 3. The Hall–Kier alpha value is -6.65. The van der Waals surface area contributed by atoms with Crippen LogP contribution in [0.15, 0.2) is 12.5 Å². The van der Waals surface area contributed by atoms with Crippen LogP contribution in [0.25, 0.3) is 0 Å². The van der Waals surface area contributed by atoms with E-state index in [9.17, 15) is 58.5 Å². The Morgan fingerprint density at radius 2 is 1.16 bits per heavy atom. The van der Waals surface area contributed by atoms with Crippen LogP contribution in [-0.2, 0) is 65.5 Å². The average Bonchev–Trinajstić information content (AvgIpc) is 4.14. The van der Waals surface area contributed by atoms with Crippen LogP contribution < -0.4 is 37.6 Å². The number of carboxylic acids is 3. The van der Waals surface area contributed by atoms with Crippen molar-refractivity contribution in [2.24, 2.45) is 5.73 Å². The number of carboxylic acid groups (broad SMARTS) is 3. The summed E-state index contributed by atoms with van der Waals surface area (Å²) in [6.07, 6.45) is 20.1. The van der Waals surface area contributed by atoms with Crippen molar-refractivity contribution in [2.45, 2.75) is 178 Å². The smallest absolute Gasteiger partial charge is 0.317 e. The summed E-state index contributed by atoms with van der Waals surface area (Å²) in [4.78, 5) is 120. The lowest BCUT2D eigenvalue weighted by atomic mass is 10.0. The summed E-state index contributed by atoms with van der Waals surface area (Å²) in [6.45, 7) is -0.0591. The molecular formula is C51H88N14O14. The highest BCUT2D eigenvalue weighted by Gasteiger charge is 2.31. The Labute approximate surface area is 461 Å². The van der Waals surface area contributed by atoms with Gasteiger partial charge in [-0.25, -0.2) is 10.1 Å². The molecule has 0 aromatic carbocycles. The highest BCUT2D eigenvalue weighted by molar-refractivity contribution is 5.94. The molecular weight excluding hydrogens is 1030 g/mol. The van der Waals surface area contributed by atoms with Gasteiger partial charge in [-0.1, -0.05) is 70.6 Å². The van der Waals surface area contributed by atoms with E-state index in [1.54, 1.807) is 6.20 Å². The molecule has 0 aliphatic rings. The van der Waals surface area contributed by atoms with Gasteiger partial charge >= 0.3 is 17.9 Å². The van der Waals surface area contributed by atoms with Crippen molar-refractivity contribution in [1.82, 2.24) is 67.4 Å². The molecule has 0 saturated carbocycles. The molecule has 4 atom stereocenters. The lowest BCUT2D eigenvalue weighted by Gasteiger charge is -2.26. The predicted molar refractivity (Wildman–Crippen MR) is 287 cm³/mol. The number of imidazole rings is 1. The molecule has 0 spiro atoms. The number of aromatic nitrogens is 6. The maximum Gasteiger partial charge on any atom is 0.317 e. The molecule has 446 valence electrons. The molecule has 0 aliphatic carbocycles. The standard InChI is InChI=1S/C51H88N14O14/c1-53-41(31-37-32-54-36-57-37)51(77)60-40(23-24-45(68)69)50(76)59-39(20-16-18-27-65(33-46(70)71)34-47(72)73)49(75)58-38(48(52)74)19-15-17-25-55-44(67)35-79-30-29-78-28-26-56-43(66)22-14-12-10-8-6-4-2-3-5-7-9-11-13-21-42-61-63-64-62-42/h32,36,38-41,53H,2-31,33-35H2,1H3,(H2,52,74)(H,54,57)(H,55,67)(H,56,66)(H,58,75)(H,59,76)(H,60,77)(H,68,69)(H,70,71)(H,72,73)(H,61,62,63,64)/t38-,39-,40-,41-/m0/s1. The molecule has 0 saturated heterocycles. The molecule has 0 radical (unpaired) electrons. The number of aryl methyl sites for hydroxylation is 1. The number of carbonyl (C=O) groups is 9. The molecule has 28 heteroatoms. The van der Waals surface area contributed by atoms with Crippen LogP contribution in [0.1, 0.15) is 153 Å². The minimum Gasteiger partial charge on any atom is -0.481 e. The number of nitrogens with one attached hydrogen (secondary N) is 8. The second kappa shape index (κ2) is 43.3. The summed E-state index contributed by atoms with van der Waals surface area (Å²) >= 11 is 0. The monoisotopic (exact) mass is 1120 g/mol. The number of unbranched alkanes of at least 4 members (excludes halogenated alkanes) is 14. The molecule has 13 N–H and O–H groups in total. The Morgan fingerprint density at radius 3 is 1.73 bits per heavy atom. The number of nitrogens with two attached hydrogens (primary N) is 1. The number of aromatic amines is 2. The number of likely N-dealkylation sites (N-methyl/N-ethyl adjacent to an activating group) is 1. The summed E-state index contributed by atoms with van der Waals surface area (Å²) in [5.74, 6) is -6.54. The van der Waals surface area contributed by atoms with E-state index in [2.05, 4.69) is 62.5 Å². The zero-order valence-electron chi connectivity index (χ0n) is 45.9. The lowest BCUT2D eigenvalue weighted by molar-refractivity contribution is -0.142. The highest BCUT2D eigenvalue weighted by Crippen LogP contribution is 2.14. The van der Waals surface area contributed by atoms with E-state index in [4.69, 9.17) is 15.2 Å². The van der Waals surface area contributed by atoms with Crippen molar-refractivity contribution in [3.8, 4) is 0 Å². The molecule has 2 heterocycles. The van der Waals surface area contributed by atoms with Gasteiger partial charge in [0, 0.05) is 45.0 Å². The largest absolute Gasteiger partial charge is 0.481 e. The number of H-pyrrole nitrogens is 2. The number of carbonyl (C=O) groups excluding carboxylic acids is 6. The Morgan fingerprint density at radius 1 is 0.608 bits per heavy atom. The van der Waals surface area contributed by atoms with Crippen molar-refractivity contribution in [1.29, 1.82) is 0 Å². The van der Waals surface area contributed by atoms with Crippen molar-refractivity contribution in [3.63, 3.8) is 0 Å². The zero-order chi connectivity index (χ0) is 57.9. The van der Waals surface area contributed by atoms with Gasteiger partial charge < -0.3 is 67.4 Å². The van der Waals surface area contributed by atoms with Crippen molar-refractivity contribution in [3.05, 3.63) is 24.0 Å². The van der Waals surface area contributed by atoms with E-state index < -0.39 is 85.2 Å². The summed E-state index contributed by atoms with van der Waals surface area (Å²) < 4.78 is 10.9. The highest BCUT2D eigenvalue weighted by atomic mass is 16.5. The van der Waals surface area contributed by atoms with Gasteiger partial charge in [0.05, 0.1) is 51.0 Å². The van der Waals surface area contributed by atoms with E-state index in [0.717, 1.165) is 37.9 Å². The van der Waals surface area contributed by atoms with Gasteiger partial charge in [-0.2, -0.15) is 0 Å². The van der Waals surface area contributed by atoms with Crippen molar-refractivity contribution < 1.29 is 67.9 Å². The maximum absolute atomic E-state index is 13.8. The fourth-order valence-corrected chi connectivity index (χ4v) is 8.42. The average molecular weight is 1120 g/mol. The Bertz CT molecular complexity index is 2030. The van der Waals surface area contributed by atoms with Crippen LogP contribution in [0, 0.1) is 0 Å². The molecule has 2 aromatic heterocycles. The molecule has 2 aromatic rings. The topological polar surface area (TPSA) is 417 Å². The Kier molecular flexibility index (Phi) is 37.5. The van der Waals surface area contributed by atoms with E-state index in [0.29, 0.717) is 38.1 Å². The third kappa shape index (κ3) is 35.5. The quantitative estimate of drug-likeness (QED) is 0.0404. The molecule has 6 amide bonds. The first-order valence-corrected chi connectivity index (χ1v) is 27.7. The Balaban J connectivity index is 1.68. The number of hydrogen-bond acceptors (Lipinski definition) is 17. The number of primary amides is 1. The molecule has 2 rings (SSSR count). The van der Waals surface area contributed by atoms with Gasteiger partial charge in [0.2, 0.25) is 35.4 Å². The maximum atomic E-state index is 13.8. The number of tetrazole rings is 1. The van der Waals surface area contributed by atoms with Gasteiger partial charge in [-0.15, -0.1) is 5.10 Å². The van der Waals surface area contributed by atoms with Crippen molar-refractivity contribution in [2.75, 3.05) is 66.2 Å². The fourth-order valence-electron chi connectivity index (χ4n) is 8.42. The molecule has 0 fully saturated rings. The van der Waals surface area contributed by atoms with E-state index in [1.807, 2.05) is 0 Å². The van der Waals surface area contributed by atoms with E-state index in [-0.39, 0.29) is 83.2 Å². The summed E-state index contributed by atoms with van der Waals surface area (Å²) in [7, 11) is 1.52. The van der Waals surface area contributed by atoms with Crippen LogP contribution in [0.5, 0.6) is 0 Å². The van der Waals surface area contributed by atoms with Crippen LogP contribution in [-0.4, -0.2) is 195 Å². The summed E-state index contributed by atoms with van der Waals surface area (Å²) in [6, 6.07) is -4.88. The van der Waals surface area contributed by atoms with Crippen LogP contribution in [0.4, 0.5) is 0 Å². The number of rotatable bonds is 51. The number of hydrogen-bond donors (Lipinski definition) is 12. The molecule has 0 unspecified atom stereocenters. The number of nitrogens with zero attached hydrogens (tertiary/aromatic N) is 5. The lowest BCUT2D eigenvalue weighted by Crippen LogP contribution is -2.58. The fraction of sp³-hybridized carbons (Fsp3) is 0.745. The molecule has 28 nitrogen and oxygen atoms in total. The molecule has 0 bridgehead atoms. The molecule has 0 aliphatic heterocycles. The third-order valence-corrected chi connectivity index (χ3v) is 12.8. The number of ether oxygens (including phenoxy) is 2.